The number of amides is 1. The second-order valence-electron chi connectivity index (χ2n) is 4.73. The van der Waals surface area contributed by atoms with Crippen molar-refractivity contribution in [1.82, 2.24) is 0 Å². The molecule has 1 aromatic rings. The Balaban J connectivity index is 2.38. The number of hydrogen-bond acceptors (Lipinski definition) is 1. The highest BCUT2D eigenvalue weighted by Crippen LogP contribution is 2.37. The van der Waals surface area contributed by atoms with Gasteiger partial charge in [-0.05, 0) is 18.4 Å². The largest absolute Gasteiger partial charge is 0.369 e. The minimum absolute atomic E-state index is 0.152. The lowest BCUT2D eigenvalue weighted by atomic mass is 9.74. The van der Waals surface area contributed by atoms with Crippen molar-refractivity contribution in [3.63, 3.8) is 0 Å². The molecule has 0 saturated heterocycles. The number of rotatable bonds is 2. The molecule has 2 heteroatoms. The van der Waals surface area contributed by atoms with Crippen LogP contribution in [0.5, 0.6) is 0 Å². The standard InChI is InChI=1S/C14H19NO/c15-13(16)14(10-6-1-2-7-11-14)12-8-4-3-5-9-12/h3-5,8-9H,1-2,6-7,10-11H2,(H2,15,16). The fourth-order valence-corrected chi connectivity index (χ4v) is 2.77. The van der Waals surface area contributed by atoms with Gasteiger partial charge in [-0.15, -0.1) is 0 Å². The third kappa shape index (κ3) is 1.97. The van der Waals surface area contributed by atoms with Crippen LogP contribution in [0.15, 0.2) is 30.3 Å². The number of primary amides is 1. The van der Waals surface area contributed by atoms with Crippen LogP contribution in [-0.2, 0) is 10.2 Å². The van der Waals surface area contributed by atoms with E-state index in [1.165, 1.54) is 12.8 Å². The highest BCUT2D eigenvalue weighted by Gasteiger charge is 2.38. The summed E-state index contributed by atoms with van der Waals surface area (Å²) in [4.78, 5) is 11.9. The maximum atomic E-state index is 11.9. The average Bonchev–Trinajstić information content (AvgIpc) is 2.56. The van der Waals surface area contributed by atoms with E-state index in [4.69, 9.17) is 5.73 Å². The summed E-state index contributed by atoms with van der Waals surface area (Å²) in [6, 6.07) is 10.0. The highest BCUT2D eigenvalue weighted by atomic mass is 16.1. The van der Waals surface area contributed by atoms with Gasteiger partial charge in [0, 0.05) is 0 Å². The van der Waals surface area contributed by atoms with Gasteiger partial charge in [0.2, 0.25) is 5.91 Å². The monoisotopic (exact) mass is 217 g/mol. The van der Waals surface area contributed by atoms with Crippen LogP contribution in [0.1, 0.15) is 44.1 Å². The summed E-state index contributed by atoms with van der Waals surface area (Å²) in [6.07, 6.45) is 6.48. The minimum Gasteiger partial charge on any atom is -0.369 e. The molecule has 2 rings (SSSR count). The zero-order valence-electron chi connectivity index (χ0n) is 9.61. The molecule has 0 aliphatic heterocycles. The van der Waals surface area contributed by atoms with Crippen LogP contribution in [0.3, 0.4) is 0 Å². The SMILES string of the molecule is NC(=O)C1(c2ccccc2)CCCCCC1. The molecule has 0 unspecified atom stereocenters. The first-order valence-electron chi connectivity index (χ1n) is 6.11. The van der Waals surface area contributed by atoms with E-state index in [9.17, 15) is 4.79 Å². The van der Waals surface area contributed by atoms with Gasteiger partial charge in [0.1, 0.15) is 0 Å². The lowest BCUT2D eigenvalue weighted by Crippen LogP contribution is -2.40. The van der Waals surface area contributed by atoms with Crippen molar-refractivity contribution in [2.45, 2.75) is 43.9 Å². The van der Waals surface area contributed by atoms with Crippen molar-refractivity contribution in [3.05, 3.63) is 35.9 Å². The molecule has 1 fully saturated rings. The molecule has 0 spiro atoms. The highest BCUT2D eigenvalue weighted by molar-refractivity contribution is 5.86. The van der Waals surface area contributed by atoms with Gasteiger partial charge in [-0.25, -0.2) is 0 Å². The van der Waals surface area contributed by atoms with Gasteiger partial charge >= 0.3 is 0 Å². The predicted molar refractivity (Wildman–Crippen MR) is 65.0 cm³/mol. The molecular weight excluding hydrogens is 198 g/mol. The molecule has 1 aliphatic rings. The lowest BCUT2D eigenvalue weighted by Gasteiger charge is -2.29. The molecule has 0 radical (unpaired) electrons. The van der Waals surface area contributed by atoms with Gasteiger partial charge in [0.15, 0.2) is 0 Å². The van der Waals surface area contributed by atoms with E-state index >= 15 is 0 Å². The van der Waals surface area contributed by atoms with Crippen LogP contribution in [0.2, 0.25) is 0 Å². The summed E-state index contributed by atoms with van der Waals surface area (Å²) in [7, 11) is 0. The molecule has 1 saturated carbocycles. The maximum Gasteiger partial charge on any atom is 0.228 e. The predicted octanol–water partition coefficient (Wildman–Crippen LogP) is 2.76. The summed E-state index contributed by atoms with van der Waals surface area (Å²) in [5.74, 6) is -0.152. The molecule has 1 amide bonds. The fourth-order valence-electron chi connectivity index (χ4n) is 2.77. The van der Waals surface area contributed by atoms with Gasteiger partial charge in [0.25, 0.3) is 0 Å². The Kier molecular flexibility index (Phi) is 3.28. The van der Waals surface area contributed by atoms with Gasteiger partial charge < -0.3 is 5.73 Å². The summed E-state index contributed by atoms with van der Waals surface area (Å²) in [5, 5.41) is 0. The quantitative estimate of drug-likeness (QED) is 0.760. The summed E-state index contributed by atoms with van der Waals surface area (Å²) in [6.45, 7) is 0. The minimum atomic E-state index is -0.405. The molecule has 0 aromatic heterocycles. The summed E-state index contributed by atoms with van der Waals surface area (Å²) in [5.41, 5.74) is 6.36. The maximum absolute atomic E-state index is 11.9. The Morgan fingerprint density at radius 3 is 2.06 bits per heavy atom. The molecule has 16 heavy (non-hydrogen) atoms. The Hall–Kier alpha value is -1.31. The first kappa shape index (κ1) is 11.2. The number of nitrogens with two attached hydrogens (primary N) is 1. The van der Waals surface area contributed by atoms with E-state index in [2.05, 4.69) is 0 Å². The molecule has 2 N–H and O–H groups in total. The smallest absolute Gasteiger partial charge is 0.228 e. The summed E-state index contributed by atoms with van der Waals surface area (Å²) < 4.78 is 0. The second kappa shape index (κ2) is 4.69. The second-order valence-corrected chi connectivity index (χ2v) is 4.73. The van der Waals surface area contributed by atoms with Crippen molar-refractivity contribution in [2.24, 2.45) is 5.73 Å². The Bertz CT molecular complexity index is 350. The zero-order valence-corrected chi connectivity index (χ0v) is 9.61. The Morgan fingerprint density at radius 1 is 1.00 bits per heavy atom. The Labute approximate surface area is 96.8 Å². The van der Waals surface area contributed by atoms with Gasteiger partial charge in [-0.1, -0.05) is 56.0 Å². The van der Waals surface area contributed by atoms with E-state index in [-0.39, 0.29) is 5.91 Å². The van der Waals surface area contributed by atoms with Gasteiger partial charge in [0.05, 0.1) is 5.41 Å². The third-order valence-corrected chi connectivity index (χ3v) is 3.76. The van der Waals surface area contributed by atoms with Crippen LogP contribution < -0.4 is 5.73 Å². The van der Waals surface area contributed by atoms with E-state index < -0.39 is 5.41 Å². The van der Waals surface area contributed by atoms with E-state index in [1.54, 1.807) is 0 Å². The van der Waals surface area contributed by atoms with Crippen molar-refractivity contribution in [2.75, 3.05) is 0 Å². The molecule has 0 atom stereocenters. The normalized spacial score (nSPS) is 20.0. The molecule has 86 valence electrons. The van der Waals surface area contributed by atoms with Gasteiger partial charge in [-0.3, -0.25) is 4.79 Å². The van der Waals surface area contributed by atoms with Crippen LogP contribution in [0.4, 0.5) is 0 Å². The molecule has 0 bridgehead atoms. The number of carbonyl (C=O) groups excluding carboxylic acids is 1. The fraction of sp³-hybridized carbons (Fsp3) is 0.500. The Morgan fingerprint density at radius 2 is 1.56 bits per heavy atom. The number of carbonyl (C=O) groups is 1. The molecular formula is C14H19NO. The first-order valence-corrected chi connectivity index (χ1v) is 6.11. The van der Waals surface area contributed by atoms with Crippen LogP contribution in [0.25, 0.3) is 0 Å². The number of hydrogen-bond donors (Lipinski definition) is 1. The van der Waals surface area contributed by atoms with Crippen LogP contribution >= 0.6 is 0 Å². The molecule has 2 nitrogen and oxygen atoms in total. The third-order valence-electron chi connectivity index (χ3n) is 3.76. The first-order chi connectivity index (χ1) is 7.76. The van der Waals surface area contributed by atoms with Gasteiger partial charge in [-0.2, -0.15) is 0 Å². The van der Waals surface area contributed by atoms with E-state index in [0.29, 0.717) is 0 Å². The lowest BCUT2D eigenvalue weighted by molar-refractivity contribution is -0.124. The number of benzene rings is 1. The van der Waals surface area contributed by atoms with Crippen molar-refractivity contribution in [3.8, 4) is 0 Å². The zero-order chi connectivity index (χ0) is 11.4. The van der Waals surface area contributed by atoms with Crippen molar-refractivity contribution in [1.29, 1.82) is 0 Å². The van der Waals surface area contributed by atoms with Crippen molar-refractivity contribution < 1.29 is 4.79 Å². The molecule has 1 aliphatic carbocycles. The topological polar surface area (TPSA) is 43.1 Å². The molecule has 0 heterocycles. The van der Waals surface area contributed by atoms with Crippen molar-refractivity contribution >= 4 is 5.91 Å². The van der Waals surface area contributed by atoms with E-state index in [1.807, 2.05) is 30.3 Å². The molecule has 1 aromatic carbocycles. The van der Waals surface area contributed by atoms with Crippen LogP contribution in [-0.4, -0.2) is 5.91 Å². The summed E-state index contributed by atoms with van der Waals surface area (Å²) >= 11 is 0. The van der Waals surface area contributed by atoms with E-state index in [0.717, 1.165) is 31.2 Å². The van der Waals surface area contributed by atoms with Crippen LogP contribution in [0, 0.1) is 0 Å². The average molecular weight is 217 g/mol.